The van der Waals surface area contributed by atoms with Gasteiger partial charge in [-0.2, -0.15) is 13.2 Å². The molecule has 0 saturated heterocycles. The van der Waals surface area contributed by atoms with Crippen molar-refractivity contribution in [2.45, 2.75) is 59.3 Å². The average Bonchev–Trinajstić information content (AvgIpc) is 2.93. The van der Waals surface area contributed by atoms with Crippen molar-refractivity contribution < 1.29 is 39.3 Å². The number of alkyl halides is 6. The summed E-state index contributed by atoms with van der Waals surface area (Å²) >= 11 is 0. The molecule has 4 aromatic carbocycles. The Kier molecular flexibility index (Phi) is 10.1. The fourth-order valence-corrected chi connectivity index (χ4v) is 6.08. The molecule has 230 valence electrons. The topological polar surface area (TPSA) is 57.2 Å². The van der Waals surface area contributed by atoms with Crippen LogP contribution in [0.1, 0.15) is 49.9 Å². The monoisotopic (exact) mass is 640 g/mol. The SMILES string of the molecule is CC(C)(c1ccccc1)c1ccc([S+](c2ccc(C(C)(C)c3ccccc3)cc2)C(F)(F)F)cc1.O=S(=O)([O-])C(F)(F)F. The number of hydrogen-bond donors (Lipinski definition) is 0. The van der Waals surface area contributed by atoms with E-state index in [1.165, 1.54) is 0 Å². The van der Waals surface area contributed by atoms with E-state index in [2.05, 4.69) is 27.7 Å². The number of hydrogen-bond acceptors (Lipinski definition) is 3. The third-order valence-electron chi connectivity index (χ3n) is 7.13. The molecule has 3 nitrogen and oxygen atoms in total. The molecule has 0 unspecified atom stereocenters. The van der Waals surface area contributed by atoms with E-state index in [9.17, 15) is 26.3 Å². The Labute approximate surface area is 250 Å². The van der Waals surface area contributed by atoms with Gasteiger partial charge in [-0.05, 0) is 46.5 Å². The molecule has 0 saturated carbocycles. The fourth-order valence-electron chi connectivity index (χ4n) is 4.46. The van der Waals surface area contributed by atoms with Gasteiger partial charge in [-0.25, -0.2) is 8.42 Å². The summed E-state index contributed by atoms with van der Waals surface area (Å²) in [5, 5.41) is 0. The third kappa shape index (κ3) is 8.21. The van der Waals surface area contributed by atoms with Crippen LogP contribution in [0.25, 0.3) is 0 Å². The van der Waals surface area contributed by atoms with E-state index >= 15 is 0 Å². The lowest BCUT2D eigenvalue weighted by Gasteiger charge is -2.26. The minimum absolute atomic E-state index is 0.278. The smallest absolute Gasteiger partial charge is 0.586 e. The second kappa shape index (κ2) is 12.8. The lowest BCUT2D eigenvalue weighted by molar-refractivity contribution is -0.0518. The minimum Gasteiger partial charge on any atom is -0.741 e. The van der Waals surface area contributed by atoms with Crippen molar-refractivity contribution in [1.29, 1.82) is 0 Å². The predicted octanol–water partition coefficient (Wildman–Crippen LogP) is 8.95. The van der Waals surface area contributed by atoms with Crippen LogP contribution >= 0.6 is 0 Å². The number of halogens is 6. The molecule has 11 heteroatoms. The Morgan fingerprint density at radius 2 is 0.767 bits per heavy atom. The van der Waals surface area contributed by atoms with Crippen molar-refractivity contribution in [3.05, 3.63) is 131 Å². The van der Waals surface area contributed by atoms with Gasteiger partial charge in [-0.15, -0.1) is 13.2 Å². The Morgan fingerprint density at radius 1 is 0.512 bits per heavy atom. The van der Waals surface area contributed by atoms with Gasteiger partial charge in [0.25, 0.3) is 0 Å². The van der Waals surface area contributed by atoms with Crippen molar-refractivity contribution >= 4 is 21.0 Å². The normalized spacial score (nSPS) is 12.9. The summed E-state index contributed by atoms with van der Waals surface area (Å²) < 4.78 is 102. The first kappa shape index (κ1) is 34.2. The Morgan fingerprint density at radius 3 is 1.00 bits per heavy atom. The van der Waals surface area contributed by atoms with E-state index in [0.717, 1.165) is 22.3 Å². The van der Waals surface area contributed by atoms with Crippen molar-refractivity contribution in [3.63, 3.8) is 0 Å². The van der Waals surface area contributed by atoms with Gasteiger partial charge in [0.1, 0.15) is 0 Å². The highest BCUT2D eigenvalue weighted by atomic mass is 32.2. The first-order valence-corrected chi connectivity index (χ1v) is 15.5. The van der Waals surface area contributed by atoms with Gasteiger partial charge < -0.3 is 4.55 Å². The summed E-state index contributed by atoms with van der Waals surface area (Å²) in [5.41, 5.74) is -6.41. The van der Waals surface area contributed by atoms with Crippen LogP contribution in [0, 0.1) is 0 Å². The van der Waals surface area contributed by atoms with E-state index in [1.807, 2.05) is 84.9 Å². The summed E-state index contributed by atoms with van der Waals surface area (Å²) in [4.78, 5) is 0.556. The van der Waals surface area contributed by atoms with Gasteiger partial charge in [-0.3, -0.25) is 0 Å². The summed E-state index contributed by atoms with van der Waals surface area (Å²) in [6, 6.07) is 33.9. The number of rotatable bonds is 6. The summed E-state index contributed by atoms with van der Waals surface area (Å²) in [6.45, 7) is 8.37. The molecular formula is C32H30F6O3S2. The highest BCUT2D eigenvalue weighted by Crippen LogP contribution is 2.41. The molecule has 0 heterocycles. The molecule has 4 aromatic rings. The average molecular weight is 641 g/mol. The van der Waals surface area contributed by atoms with E-state index in [4.69, 9.17) is 13.0 Å². The van der Waals surface area contributed by atoms with Gasteiger partial charge in [0.15, 0.2) is 30.8 Å². The molecule has 0 radical (unpaired) electrons. The van der Waals surface area contributed by atoms with Crippen molar-refractivity contribution in [1.82, 2.24) is 0 Å². The number of benzene rings is 4. The molecule has 0 aromatic heterocycles. The zero-order valence-corrected chi connectivity index (χ0v) is 25.3. The summed E-state index contributed by atoms with van der Waals surface area (Å²) in [6.07, 6.45) is 0. The van der Waals surface area contributed by atoms with Crippen LogP contribution in [0.3, 0.4) is 0 Å². The standard InChI is InChI=1S/C31H30F3S.CHF3O3S/c1-29(2,23-11-7-5-8-12-23)25-15-19-27(20-16-25)35(31(32,33)34)28-21-17-26(18-22-28)30(3,4)24-13-9-6-10-14-24;2-1(3,4)8(5,6)7/h5-22H,1-4H3;(H,5,6,7)/q+1;/p-1. The highest BCUT2D eigenvalue weighted by Gasteiger charge is 2.54. The minimum atomic E-state index is -6.09. The summed E-state index contributed by atoms with van der Waals surface area (Å²) in [5.74, 6) is 0. The van der Waals surface area contributed by atoms with Crippen LogP contribution in [0.5, 0.6) is 0 Å². The Hall–Kier alpha value is -3.28. The van der Waals surface area contributed by atoms with Gasteiger partial charge in [0.2, 0.25) is 0 Å². The van der Waals surface area contributed by atoms with Crippen LogP contribution in [-0.4, -0.2) is 24.0 Å². The van der Waals surface area contributed by atoms with Gasteiger partial charge in [0.05, 0.1) is 0 Å². The molecule has 0 bridgehead atoms. The highest BCUT2D eigenvalue weighted by molar-refractivity contribution is 7.97. The van der Waals surface area contributed by atoms with Crippen molar-refractivity contribution in [2.75, 3.05) is 0 Å². The lowest BCUT2D eigenvalue weighted by atomic mass is 9.78. The predicted molar refractivity (Wildman–Crippen MR) is 156 cm³/mol. The van der Waals surface area contributed by atoms with Crippen molar-refractivity contribution in [3.8, 4) is 0 Å². The Balaban J connectivity index is 0.000000557. The van der Waals surface area contributed by atoms with Gasteiger partial charge in [0, 0.05) is 10.8 Å². The van der Waals surface area contributed by atoms with Gasteiger partial charge in [-0.1, -0.05) is 113 Å². The first-order chi connectivity index (χ1) is 19.8. The molecule has 4 rings (SSSR count). The molecule has 0 aliphatic carbocycles. The molecule has 0 aliphatic heterocycles. The third-order valence-corrected chi connectivity index (χ3v) is 9.65. The zero-order valence-electron chi connectivity index (χ0n) is 23.7. The van der Waals surface area contributed by atoms with E-state index in [0.29, 0.717) is 0 Å². The Bertz CT molecular complexity index is 1490. The molecular weight excluding hydrogens is 610 g/mol. The maximum atomic E-state index is 14.3. The van der Waals surface area contributed by atoms with Crippen LogP contribution < -0.4 is 0 Å². The van der Waals surface area contributed by atoms with Crippen LogP contribution in [-0.2, 0) is 31.8 Å². The van der Waals surface area contributed by atoms with Crippen molar-refractivity contribution in [2.24, 2.45) is 0 Å². The lowest BCUT2D eigenvalue weighted by Crippen LogP contribution is -2.25. The van der Waals surface area contributed by atoms with Crippen LogP contribution in [0.2, 0.25) is 0 Å². The molecule has 0 spiro atoms. The zero-order chi connectivity index (χ0) is 32.3. The maximum Gasteiger partial charge on any atom is 0.586 e. The molecule has 43 heavy (non-hydrogen) atoms. The maximum absolute atomic E-state index is 14.3. The molecule has 0 atom stereocenters. The van der Waals surface area contributed by atoms with Gasteiger partial charge >= 0.3 is 11.0 Å². The van der Waals surface area contributed by atoms with E-state index < -0.39 is 32.0 Å². The van der Waals surface area contributed by atoms with E-state index in [1.54, 1.807) is 24.3 Å². The van der Waals surface area contributed by atoms with Crippen LogP contribution in [0.4, 0.5) is 26.3 Å². The largest absolute Gasteiger partial charge is 0.741 e. The second-order valence-electron chi connectivity index (χ2n) is 10.7. The quantitative estimate of drug-likeness (QED) is 0.0915. The fraction of sp³-hybridized carbons (Fsp3) is 0.250. The molecule has 0 N–H and O–H groups in total. The summed E-state index contributed by atoms with van der Waals surface area (Å²) in [7, 11) is -8.12. The van der Waals surface area contributed by atoms with Crippen LogP contribution in [0.15, 0.2) is 119 Å². The molecule has 0 fully saturated rings. The first-order valence-electron chi connectivity index (χ1n) is 12.9. The molecule has 0 aliphatic rings. The molecule has 0 amide bonds. The second-order valence-corrected chi connectivity index (χ2v) is 14.1. The van der Waals surface area contributed by atoms with E-state index in [-0.39, 0.29) is 20.6 Å².